The molecule has 192 valence electrons. The fourth-order valence-electron chi connectivity index (χ4n) is 5.15. The summed E-state index contributed by atoms with van der Waals surface area (Å²) in [5.41, 5.74) is 3.64. The molecular weight excluding hydrogens is 465 g/mol. The molecule has 0 spiro atoms. The van der Waals surface area contributed by atoms with E-state index in [1.165, 1.54) is 19.2 Å². The number of benzene rings is 2. The van der Waals surface area contributed by atoms with Crippen LogP contribution in [0.25, 0.3) is 0 Å². The summed E-state index contributed by atoms with van der Waals surface area (Å²) in [5, 5.41) is 8.95. The summed E-state index contributed by atoms with van der Waals surface area (Å²) in [6.45, 7) is 1.00. The molecule has 0 unspecified atom stereocenters. The van der Waals surface area contributed by atoms with Crippen LogP contribution in [-0.2, 0) is 40.1 Å². The number of carboxylic acids is 1. The second-order valence-corrected chi connectivity index (χ2v) is 9.79. The second kappa shape index (κ2) is 11.5. The van der Waals surface area contributed by atoms with Crippen LogP contribution in [0.1, 0.15) is 54.4 Å². The molecule has 1 saturated carbocycles. The largest absolute Gasteiger partial charge is 0.497 e. The van der Waals surface area contributed by atoms with Gasteiger partial charge in [-0.3, -0.25) is 9.59 Å². The first-order valence-corrected chi connectivity index (χ1v) is 12.4. The van der Waals surface area contributed by atoms with Gasteiger partial charge < -0.3 is 19.5 Å². The number of carboxylic acid groups (broad SMARTS) is 1. The molecule has 7 nitrogen and oxygen atoms in total. The Balaban J connectivity index is 1.28. The van der Waals surface area contributed by atoms with Gasteiger partial charge in [-0.05, 0) is 72.4 Å². The normalized spacial score (nSPS) is 19.3. The molecule has 0 saturated heterocycles. The third-order valence-electron chi connectivity index (χ3n) is 7.04. The summed E-state index contributed by atoms with van der Waals surface area (Å²) in [6.07, 6.45) is 3.69. The maximum Gasteiger partial charge on any atom is 0.410 e. The maximum atomic E-state index is 13.7. The van der Waals surface area contributed by atoms with Gasteiger partial charge in [0.15, 0.2) is 0 Å². The monoisotopic (exact) mass is 497 g/mol. The predicted molar refractivity (Wildman–Crippen MR) is 130 cm³/mol. The van der Waals surface area contributed by atoms with Crippen LogP contribution >= 0.6 is 0 Å². The van der Waals surface area contributed by atoms with Crippen molar-refractivity contribution in [1.82, 2.24) is 4.90 Å². The van der Waals surface area contributed by atoms with Crippen LogP contribution in [0.15, 0.2) is 36.4 Å². The lowest BCUT2D eigenvalue weighted by Crippen LogP contribution is -2.39. The number of ketones is 1. The number of amides is 1. The Bertz CT molecular complexity index is 1130. The lowest BCUT2D eigenvalue weighted by molar-refractivity contribution is -0.138. The highest BCUT2D eigenvalue weighted by Crippen LogP contribution is 2.29. The van der Waals surface area contributed by atoms with Crippen LogP contribution in [0, 0.1) is 11.7 Å². The third kappa shape index (κ3) is 6.83. The van der Waals surface area contributed by atoms with Crippen LogP contribution in [0.5, 0.6) is 5.75 Å². The molecule has 8 heteroatoms. The van der Waals surface area contributed by atoms with E-state index >= 15 is 0 Å². The second-order valence-electron chi connectivity index (χ2n) is 9.79. The molecule has 0 radical (unpaired) electrons. The van der Waals surface area contributed by atoms with Crippen molar-refractivity contribution in [3.8, 4) is 5.75 Å². The summed E-state index contributed by atoms with van der Waals surface area (Å²) >= 11 is 0. The van der Waals surface area contributed by atoms with E-state index in [9.17, 15) is 18.8 Å². The van der Waals surface area contributed by atoms with Crippen LogP contribution in [-0.4, -0.2) is 47.6 Å². The Labute approximate surface area is 210 Å². The van der Waals surface area contributed by atoms with Crippen LogP contribution in [0.3, 0.4) is 0 Å². The molecule has 0 bridgehead atoms. The van der Waals surface area contributed by atoms with Crippen molar-refractivity contribution in [3.63, 3.8) is 0 Å². The number of carbonyl (C=O) groups excluding carboxylic acids is 2. The minimum absolute atomic E-state index is 0.0123. The number of hydrogen-bond donors (Lipinski definition) is 1. The molecule has 2 aromatic rings. The standard InChI is InChI=1S/C28H32FNO6/c1-35-26-14-20(11-23(29)16-26)13-24(31)12-19-2-5-22-17-30(9-8-21(22)10-19)28(34)36-25-6-3-18(4-7-25)15-27(32)33/h2,5,10-11,14,16,18,25H,3-4,6-9,12-13,15,17H2,1H3,(H,32,33). The lowest BCUT2D eigenvalue weighted by Gasteiger charge is -2.32. The quantitative estimate of drug-likeness (QED) is 0.568. The molecule has 1 heterocycles. The highest BCUT2D eigenvalue weighted by Gasteiger charge is 2.28. The number of hydrogen-bond acceptors (Lipinski definition) is 5. The molecule has 4 rings (SSSR count). The highest BCUT2D eigenvalue weighted by atomic mass is 19.1. The summed E-state index contributed by atoms with van der Waals surface area (Å²) < 4.78 is 24.5. The van der Waals surface area contributed by atoms with E-state index in [0.29, 0.717) is 43.7 Å². The van der Waals surface area contributed by atoms with Crippen molar-refractivity contribution < 1.29 is 33.4 Å². The zero-order chi connectivity index (χ0) is 25.7. The van der Waals surface area contributed by atoms with Gasteiger partial charge in [0, 0.05) is 38.4 Å². The van der Waals surface area contributed by atoms with Crippen molar-refractivity contribution in [2.45, 2.75) is 64.0 Å². The Morgan fingerprint density at radius 1 is 1.00 bits per heavy atom. The van der Waals surface area contributed by atoms with Gasteiger partial charge in [0.05, 0.1) is 7.11 Å². The number of rotatable bonds is 8. The molecule has 1 amide bonds. The smallest absolute Gasteiger partial charge is 0.410 e. The molecular formula is C28H32FNO6. The topological polar surface area (TPSA) is 93.1 Å². The van der Waals surface area contributed by atoms with Gasteiger partial charge in [0.1, 0.15) is 23.5 Å². The number of aliphatic carboxylic acids is 1. The van der Waals surface area contributed by atoms with Gasteiger partial charge in [0.2, 0.25) is 0 Å². The van der Waals surface area contributed by atoms with Crippen molar-refractivity contribution in [3.05, 3.63) is 64.5 Å². The molecule has 36 heavy (non-hydrogen) atoms. The number of fused-ring (bicyclic) bond motifs is 1. The van der Waals surface area contributed by atoms with E-state index in [1.54, 1.807) is 11.0 Å². The van der Waals surface area contributed by atoms with Crippen molar-refractivity contribution >= 4 is 17.8 Å². The summed E-state index contributed by atoms with van der Waals surface area (Å²) in [7, 11) is 1.46. The number of ether oxygens (including phenoxy) is 2. The van der Waals surface area contributed by atoms with Gasteiger partial charge >= 0.3 is 12.1 Å². The molecule has 0 aromatic heterocycles. The van der Waals surface area contributed by atoms with E-state index < -0.39 is 11.8 Å². The minimum atomic E-state index is -0.776. The molecule has 0 atom stereocenters. The molecule has 2 aliphatic rings. The molecule has 1 aliphatic carbocycles. The summed E-state index contributed by atoms with van der Waals surface area (Å²) in [5.74, 6) is -0.665. The zero-order valence-electron chi connectivity index (χ0n) is 20.5. The van der Waals surface area contributed by atoms with Crippen LogP contribution in [0.4, 0.5) is 9.18 Å². The Hall–Kier alpha value is -3.42. The Kier molecular flexibility index (Phi) is 8.23. The number of Topliss-reactive ketones (excluding diaryl/α,β-unsaturated/α-hetero) is 1. The maximum absolute atomic E-state index is 13.7. The van der Waals surface area contributed by atoms with E-state index in [-0.39, 0.29) is 43.2 Å². The number of carbonyl (C=O) groups is 3. The van der Waals surface area contributed by atoms with Gasteiger partial charge in [-0.1, -0.05) is 18.2 Å². The first-order chi connectivity index (χ1) is 17.3. The van der Waals surface area contributed by atoms with E-state index in [2.05, 4.69) is 0 Å². The minimum Gasteiger partial charge on any atom is -0.497 e. The van der Waals surface area contributed by atoms with Gasteiger partial charge in [-0.15, -0.1) is 0 Å². The van der Waals surface area contributed by atoms with Crippen molar-refractivity contribution in [1.29, 1.82) is 0 Å². The fraction of sp³-hybridized carbons (Fsp3) is 0.464. The average molecular weight is 498 g/mol. The first kappa shape index (κ1) is 25.7. The SMILES string of the molecule is COc1cc(F)cc(CC(=O)Cc2ccc3c(c2)CCN(C(=O)OC2CCC(CC(=O)O)CC2)C3)c1. The zero-order valence-corrected chi connectivity index (χ0v) is 20.5. The highest BCUT2D eigenvalue weighted by molar-refractivity contribution is 5.83. The van der Waals surface area contributed by atoms with Gasteiger partial charge in [-0.25, -0.2) is 9.18 Å². The fourth-order valence-corrected chi connectivity index (χ4v) is 5.15. The van der Waals surface area contributed by atoms with Crippen molar-refractivity contribution in [2.24, 2.45) is 5.92 Å². The van der Waals surface area contributed by atoms with E-state index in [4.69, 9.17) is 14.6 Å². The number of halogens is 1. The Morgan fingerprint density at radius 2 is 1.75 bits per heavy atom. The summed E-state index contributed by atoms with van der Waals surface area (Å²) in [6, 6.07) is 10.2. The predicted octanol–water partition coefficient (Wildman–Crippen LogP) is 4.72. The van der Waals surface area contributed by atoms with Gasteiger partial charge in [0.25, 0.3) is 0 Å². The molecule has 1 fully saturated rings. The average Bonchev–Trinajstić information content (AvgIpc) is 2.84. The molecule has 1 aliphatic heterocycles. The number of nitrogens with zero attached hydrogens (tertiary/aromatic N) is 1. The van der Waals surface area contributed by atoms with Crippen molar-refractivity contribution in [2.75, 3.05) is 13.7 Å². The van der Waals surface area contributed by atoms with E-state index in [1.807, 2.05) is 18.2 Å². The first-order valence-electron chi connectivity index (χ1n) is 12.4. The number of methoxy groups -OCH3 is 1. The molecule has 1 N–H and O–H groups in total. The summed E-state index contributed by atoms with van der Waals surface area (Å²) in [4.78, 5) is 37.9. The Morgan fingerprint density at radius 3 is 2.47 bits per heavy atom. The molecule has 2 aromatic carbocycles. The van der Waals surface area contributed by atoms with Gasteiger partial charge in [-0.2, -0.15) is 0 Å². The van der Waals surface area contributed by atoms with Crippen LogP contribution < -0.4 is 4.74 Å². The lowest BCUT2D eigenvalue weighted by atomic mass is 9.85. The van der Waals surface area contributed by atoms with E-state index in [0.717, 1.165) is 29.5 Å². The van der Waals surface area contributed by atoms with Crippen LogP contribution in [0.2, 0.25) is 0 Å². The third-order valence-corrected chi connectivity index (χ3v) is 7.04.